The summed E-state index contributed by atoms with van der Waals surface area (Å²) in [5.41, 5.74) is 0. The predicted octanol–water partition coefficient (Wildman–Crippen LogP) is -1.61. The maximum absolute atomic E-state index is 8.56. The Hall–Kier alpha value is 3.43. The smallest absolute Gasteiger partial charge is 0 e. The van der Waals surface area contributed by atoms with Crippen LogP contribution in [0.25, 0.3) is 0 Å². The molecule has 0 aliphatic rings. The number of carbonyl (C=O) groups is 1. The molecule has 0 rings (SSSR count). The van der Waals surface area contributed by atoms with Crippen LogP contribution in [0.4, 0.5) is 4.79 Å². The van der Waals surface area contributed by atoms with E-state index >= 15 is 0 Å². The molecular formula is CH6BaO3SrY. The van der Waals surface area contributed by atoms with Crippen LogP contribution >= 0.6 is 0 Å². The van der Waals surface area contributed by atoms with Gasteiger partial charge in [-0.15, -0.1) is 0 Å². The number of hydrogen-bond acceptors (Lipinski definition) is 1. The summed E-state index contributed by atoms with van der Waals surface area (Å²) in [5, 5.41) is 13.9. The zero-order chi connectivity index (χ0) is 3.58. The van der Waals surface area contributed by atoms with Gasteiger partial charge in [0.25, 0.3) is 0 Å². The molecule has 7 heavy (non-hydrogen) atoms. The third-order valence-corrected chi connectivity index (χ3v) is 0. The average Bonchev–Trinajstić information content (AvgIpc) is 0.811. The third-order valence-electron chi connectivity index (χ3n) is 0. The zero-order valence-electron chi connectivity index (χ0n) is 2.38. The summed E-state index contributed by atoms with van der Waals surface area (Å²) >= 11 is 0. The minimum absolute atomic E-state index is 0. The fourth-order valence-electron chi connectivity index (χ4n) is 0. The molecule has 0 fully saturated rings. The Labute approximate surface area is 144 Å². The van der Waals surface area contributed by atoms with Gasteiger partial charge in [0, 0.05) is 32.7 Å². The van der Waals surface area contributed by atoms with Crippen LogP contribution in [0.3, 0.4) is 0 Å². The Morgan fingerprint density at radius 3 is 1.29 bits per heavy atom. The summed E-state index contributed by atoms with van der Waals surface area (Å²) in [6.45, 7) is 0. The van der Waals surface area contributed by atoms with Crippen LogP contribution in [0.15, 0.2) is 0 Å². The first-order chi connectivity index (χ1) is 1.73. The maximum Gasteiger partial charge on any atom is 0 e. The Bertz CT molecular complexity index is 37.9. The van der Waals surface area contributed by atoms with Crippen molar-refractivity contribution in [1.82, 2.24) is 0 Å². The van der Waals surface area contributed by atoms with E-state index in [0.717, 1.165) is 0 Å². The summed E-state index contributed by atoms with van der Waals surface area (Å²) in [6.07, 6.45) is -1.83. The van der Waals surface area contributed by atoms with E-state index in [4.69, 9.17) is 15.0 Å². The quantitative estimate of drug-likeness (QED) is 0.498. The minimum Gasteiger partial charge on any atom is 0 e. The van der Waals surface area contributed by atoms with Crippen molar-refractivity contribution in [3.05, 3.63) is 0 Å². The molecule has 0 aromatic rings. The SMILES string of the molecule is O=C(O)O.[BaH2].[SrH2].[Y]. The van der Waals surface area contributed by atoms with Gasteiger partial charge in [-0.3, -0.25) is 0 Å². The summed E-state index contributed by atoms with van der Waals surface area (Å²) < 4.78 is 0. The molecular weight excluding hydrogens is 374 g/mol. The molecule has 0 bridgehead atoms. The monoisotopic (exact) mass is 381 g/mol. The van der Waals surface area contributed by atoms with E-state index in [1.807, 2.05) is 0 Å². The molecule has 6 heteroatoms. The Balaban J connectivity index is -0.0000000150. The van der Waals surface area contributed by atoms with Gasteiger partial charge in [-0.05, 0) is 0 Å². The van der Waals surface area contributed by atoms with Crippen LogP contribution in [0.5, 0.6) is 0 Å². The summed E-state index contributed by atoms with van der Waals surface area (Å²) in [5.74, 6) is 0. The van der Waals surface area contributed by atoms with E-state index in [9.17, 15) is 0 Å². The van der Waals surface area contributed by atoms with Gasteiger partial charge in [-0.25, -0.2) is 4.79 Å². The Kier molecular flexibility index (Phi) is 51.9. The van der Waals surface area contributed by atoms with Gasteiger partial charge in [-0.2, -0.15) is 0 Å². The van der Waals surface area contributed by atoms with Gasteiger partial charge >= 0.3 is 101 Å². The molecule has 0 amide bonds. The van der Waals surface area contributed by atoms with Crippen LogP contribution < -0.4 is 0 Å². The minimum atomic E-state index is -1.83. The molecule has 0 saturated heterocycles. The van der Waals surface area contributed by atoms with E-state index in [-0.39, 0.29) is 127 Å². The van der Waals surface area contributed by atoms with Crippen LogP contribution in [-0.2, 0) is 32.7 Å². The van der Waals surface area contributed by atoms with Gasteiger partial charge in [0.15, 0.2) is 0 Å². The van der Waals surface area contributed by atoms with Crippen molar-refractivity contribution in [3.63, 3.8) is 0 Å². The molecule has 0 spiro atoms. The second-order valence-corrected chi connectivity index (χ2v) is 0.283. The van der Waals surface area contributed by atoms with Crippen LogP contribution in [-0.4, -0.2) is 111 Å². The molecule has 0 aliphatic carbocycles. The molecule has 35 valence electrons. The van der Waals surface area contributed by atoms with Crippen molar-refractivity contribution in [2.45, 2.75) is 0 Å². The maximum atomic E-state index is 8.56. The van der Waals surface area contributed by atoms with E-state index in [1.54, 1.807) is 0 Å². The standard InChI is InChI=1S/CH2O3.Ba.Sr.Y.4H/c2-1(3)4;;;;;;;/h(H2,2,3,4);;;;;;;. The number of carboxylic acid groups (broad SMARTS) is 2. The van der Waals surface area contributed by atoms with Crippen LogP contribution in [0.2, 0.25) is 0 Å². The van der Waals surface area contributed by atoms with E-state index in [2.05, 4.69) is 0 Å². The summed E-state index contributed by atoms with van der Waals surface area (Å²) in [6, 6.07) is 0. The molecule has 2 N–H and O–H groups in total. The molecule has 0 atom stereocenters. The van der Waals surface area contributed by atoms with Crippen molar-refractivity contribution in [2.24, 2.45) is 0 Å². The van der Waals surface area contributed by atoms with Crippen LogP contribution in [0, 0.1) is 0 Å². The van der Waals surface area contributed by atoms with Crippen molar-refractivity contribution in [3.8, 4) is 0 Å². The van der Waals surface area contributed by atoms with E-state index < -0.39 is 6.16 Å². The molecule has 1 radical (unpaired) electrons. The normalized spacial score (nSPS) is 3.43. The van der Waals surface area contributed by atoms with Crippen molar-refractivity contribution in [2.75, 3.05) is 0 Å². The fraction of sp³-hybridized carbons (Fsp3) is 0. The molecule has 0 aliphatic heterocycles. The van der Waals surface area contributed by atoms with Crippen molar-refractivity contribution in [1.29, 1.82) is 0 Å². The topological polar surface area (TPSA) is 57.5 Å². The van der Waals surface area contributed by atoms with Crippen molar-refractivity contribution >= 4 is 101 Å². The van der Waals surface area contributed by atoms with Crippen LogP contribution in [0.1, 0.15) is 0 Å². The first-order valence-electron chi connectivity index (χ1n) is 0.651. The first-order valence-corrected chi connectivity index (χ1v) is 0.651. The Morgan fingerprint density at radius 1 is 1.29 bits per heavy atom. The van der Waals surface area contributed by atoms with Gasteiger partial charge in [0.05, 0.1) is 0 Å². The largest absolute Gasteiger partial charge is 0 e. The van der Waals surface area contributed by atoms with Gasteiger partial charge in [-0.1, -0.05) is 0 Å². The predicted molar refractivity (Wildman–Crippen MR) is 27.7 cm³/mol. The molecule has 0 unspecified atom stereocenters. The average molecular weight is 380 g/mol. The second-order valence-electron chi connectivity index (χ2n) is 0.283. The zero-order valence-corrected chi connectivity index (χ0v) is 5.22. The van der Waals surface area contributed by atoms with E-state index in [0.29, 0.717) is 0 Å². The molecule has 0 aromatic heterocycles. The Morgan fingerprint density at radius 2 is 1.29 bits per heavy atom. The fourth-order valence-corrected chi connectivity index (χ4v) is 0. The molecule has 0 saturated carbocycles. The van der Waals surface area contributed by atoms with E-state index in [1.165, 1.54) is 0 Å². The third kappa shape index (κ3) is 44.3. The first kappa shape index (κ1) is 22.4. The number of hydrogen-bond donors (Lipinski definition) is 2. The number of rotatable bonds is 0. The van der Waals surface area contributed by atoms with Crippen molar-refractivity contribution < 1.29 is 47.7 Å². The van der Waals surface area contributed by atoms with Gasteiger partial charge < -0.3 is 10.2 Å². The van der Waals surface area contributed by atoms with Gasteiger partial charge in [0.2, 0.25) is 0 Å². The molecule has 3 nitrogen and oxygen atoms in total. The van der Waals surface area contributed by atoms with Gasteiger partial charge in [0.1, 0.15) is 0 Å². The molecule has 0 aromatic carbocycles. The summed E-state index contributed by atoms with van der Waals surface area (Å²) in [7, 11) is 0. The second kappa shape index (κ2) is 16.2. The molecule has 0 heterocycles. The summed E-state index contributed by atoms with van der Waals surface area (Å²) in [4.78, 5) is 8.56.